The maximum absolute atomic E-state index is 13.1. The number of hydrogen-bond donors (Lipinski definition) is 1. The molecular formula is C13H21FN2. The first-order valence-corrected chi connectivity index (χ1v) is 5.98. The van der Waals surface area contributed by atoms with E-state index in [1.807, 2.05) is 7.05 Å². The summed E-state index contributed by atoms with van der Waals surface area (Å²) in [7, 11) is 1.91. The fraction of sp³-hybridized carbons (Fsp3) is 0.615. The zero-order valence-corrected chi connectivity index (χ0v) is 10.3. The first-order chi connectivity index (χ1) is 7.71. The molecule has 1 aromatic heterocycles. The van der Waals surface area contributed by atoms with Crippen LogP contribution in [0.1, 0.15) is 44.7 Å². The van der Waals surface area contributed by atoms with Crippen molar-refractivity contribution in [2.45, 2.75) is 39.2 Å². The highest BCUT2D eigenvalue weighted by Crippen LogP contribution is 2.24. The molecule has 0 amide bonds. The van der Waals surface area contributed by atoms with Gasteiger partial charge in [0.25, 0.3) is 0 Å². The highest BCUT2D eigenvalue weighted by atomic mass is 19.1. The van der Waals surface area contributed by atoms with E-state index in [0.717, 1.165) is 24.8 Å². The zero-order chi connectivity index (χ0) is 12.0. The fourth-order valence-electron chi connectivity index (χ4n) is 1.99. The van der Waals surface area contributed by atoms with Crippen LogP contribution >= 0.6 is 0 Å². The van der Waals surface area contributed by atoms with Gasteiger partial charge in [-0.15, -0.1) is 0 Å². The Kier molecular flexibility index (Phi) is 5.39. The number of hydrogen-bond acceptors (Lipinski definition) is 2. The van der Waals surface area contributed by atoms with Gasteiger partial charge in [-0.05, 0) is 31.0 Å². The molecule has 0 aliphatic rings. The van der Waals surface area contributed by atoms with Crippen LogP contribution in [0.15, 0.2) is 18.5 Å². The maximum atomic E-state index is 13.1. The molecule has 0 bridgehead atoms. The molecule has 0 saturated carbocycles. The van der Waals surface area contributed by atoms with Crippen molar-refractivity contribution >= 4 is 0 Å². The summed E-state index contributed by atoms with van der Waals surface area (Å²) in [5.41, 5.74) is 0.939. The predicted molar refractivity (Wildman–Crippen MR) is 64.7 cm³/mol. The number of aromatic nitrogens is 1. The van der Waals surface area contributed by atoms with E-state index >= 15 is 0 Å². The molecule has 90 valence electrons. The summed E-state index contributed by atoms with van der Waals surface area (Å²) in [6, 6.07) is 1.77. The molecule has 0 fully saturated rings. The van der Waals surface area contributed by atoms with Crippen LogP contribution in [0.2, 0.25) is 0 Å². The molecule has 1 rings (SSSR count). The van der Waals surface area contributed by atoms with E-state index in [1.165, 1.54) is 6.20 Å². The van der Waals surface area contributed by atoms with Gasteiger partial charge in [-0.2, -0.15) is 0 Å². The molecule has 2 nitrogen and oxygen atoms in total. The number of halogens is 1. The van der Waals surface area contributed by atoms with E-state index in [-0.39, 0.29) is 11.9 Å². The van der Waals surface area contributed by atoms with E-state index in [2.05, 4.69) is 24.1 Å². The van der Waals surface area contributed by atoms with E-state index in [4.69, 9.17) is 0 Å². The van der Waals surface area contributed by atoms with Crippen LogP contribution in [-0.2, 0) is 0 Å². The number of nitrogens with one attached hydrogen (secondary N) is 1. The Morgan fingerprint density at radius 1 is 1.31 bits per heavy atom. The van der Waals surface area contributed by atoms with Crippen LogP contribution in [0.25, 0.3) is 0 Å². The van der Waals surface area contributed by atoms with Gasteiger partial charge in [0.05, 0.1) is 6.20 Å². The highest BCUT2D eigenvalue weighted by molar-refractivity contribution is 5.15. The molecule has 0 radical (unpaired) electrons. The lowest BCUT2D eigenvalue weighted by Crippen LogP contribution is -2.20. The Hall–Kier alpha value is -0.960. The fourth-order valence-corrected chi connectivity index (χ4v) is 1.99. The highest BCUT2D eigenvalue weighted by Gasteiger charge is 2.15. The summed E-state index contributed by atoms with van der Waals surface area (Å²) in [5.74, 6) is 0.419. The Balaban J connectivity index is 2.74. The molecule has 0 aliphatic carbocycles. The topological polar surface area (TPSA) is 24.9 Å². The average Bonchev–Trinajstić information content (AvgIpc) is 2.31. The lowest BCUT2D eigenvalue weighted by atomic mass is 9.92. The zero-order valence-electron chi connectivity index (χ0n) is 10.3. The van der Waals surface area contributed by atoms with E-state index in [9.17, 15) is 4.39 Å². The summed E-state index contributed by atoms with van der Waals surface area (Å²) >= 11 is 0. The molecule has 1 N–H and O–H groups in total. The molecule has 0 saturated heterocycles. The van der Waals surface area contributed by atoms with Gasteiger partial charge >= 0.3 is 0 Å². The number of pyridine rings is 1. The van der Waals surface area contributed by atoms with Crippen molar-refractivity contribution in [2.24, 2.45) is 5.92 Å². The minimum atomic E-state index is -0.262. The molecule has 1 aromatic rings. The van der Waals surface area contributed by atoms with Gasteiger partial charge < -0.3 is 5.32 Å². The SMILES string of the molecule is CCC(CC)CC(NC)c1cncc(F)c1. The van der Waals surface area contributed by atoms with Crippen molar-refractivity contribution in [3.63, 3.8) is 0 Å². The number of rotatable bonds is 6. The largest absolute Gasteiger partial charge is 0.313 e. The van der Waals surface area contributed by atoms with E-state index in [0.29, 0.717) is 5.92 Å². The van der Waals surface area contributed by atoms with Gasteiger partial charge in [-0.1, -0.05) is 26.7 Å². The monoisotopic (exact) mass is 224 g/mol. The molecule has 1 unspecified atom stereocenters. The maximum Gasteiger partial charge on any atom is 0.141 e. The Morgan fingerprint density at radius 2 is 2.00 bits per heavy atom. The normalized spacial score (nSPS) is 13.1. The van der Waals surface area contributed by atoms with Crippen LogP contribution in [0.4, 0.5) is 4.39 Å². The van der Waals surface area contributed by atoms with Crippen LogP contribution in [0.5, 0.6) is 0 Å². The smallest absolute Gasteiger partial charge is 0.141 e. The van der Waals surface area contributed by atoms with Crippen molar-refractivity contribution in [3.05, 3.63) is 29.8 Å². The first-order valence-electron chi connectivity index (χ1n) is 5.98. The molecule has 1 heterocycles. The van der Waals surface area contributed by atoms with Gasteiger partial charge in [0, 0.05) is 12.2 Å². The van der Waals surface area contributed by atoms with Crippen LogP contribution in [0, 0.1) is 11.7 Å². The van der Waals surface area contributed by atoms with Gasteiger partial charge in [-0.3, -0.25) is 4.98 Å². The van der Waals surface area contributed by atoms with Gasteiger partial charge in [0.1, 0.15) is 5.82 Å². The minimum absolute atomic E-state index is 0.202. The lowest BCUT2D eigenvalue weighted by Gasteiger charge is -2.21. The van der Waals surface area contributed by atoms with Crippen molar-refractivity contribution < 1.29 is 4.39 Å². The van der Waals surface area contributed by atoms with Gasteiger partial charge in [0.2, 0.25) is 0 Å². The summed E-state index contributed by atoms with van der Waals surface area (Å²) in [4.78, 5) is 3.90. The van der Waals surface area contributed by atoms with Crippen molar-refractivity contribution in [1.82, 2.24) is 10.3 Å². The third kappa shape index (κ3) is 3.56. The first kappa shape index (κ1) is 13.1. The molecule has 16 heavy (non-hydrogen) atoms. The summed E-state index contributed by atoms with van der Waals surface area (Å²) in [6.45, 7) is 4.40. The Labute approximate surface area is 97.3 Å². The standard InChI is InChI=1S/C13H21FN2/c1-4-10(5-2)6-13(15-3)11-7-12(14)9-16-8-11/h7-10,13,15H,4-6H2,1-3H3. The molecule has 1 atom stereocenters. The summed E-state index contributed by atoms with van der Waals surface area (Å²) in [5, 5.41) is 3.24. The molecular weight excluding hydrogens is 203 g/mol. The van der Waals surface area contributed by atoms with Crippen molar-refractivity contribution in [3.8, 4) is 0 Å². The summed E-state index contributed by atoms with van der Waals surface area (Å²) < 4.78 is 13.1. The van der Waals surface area contributed by atoms with Gasteiger partial charge in [0.15, 0.2) is 0 Å². The lowest BCUT2D eigenvalue weighted by molar-refractivity contribution is 0.384. The number of nitrogens with zero attached hydrogens (tertiary/aromatic N) is 1. The Morgan fingerprint density at radius 3 is 2.50 bits per heavy atom. The average molecular weight is 224 g/mol. The van der Waals surface area contributed by atoms with Gasteiger partial charge in [-0.25, -0.2) is 4.39 Å². The van der Waals surface area contributed by atoms with Crippen molar-refractivity contribution in [1.29, 1.82) is 0 Å². The van der Waals surface area contributed by atoms with E-state index < -0.39 is 0 Å². The van der Waals surface area contributed by atoms with Crippen LogP contribution < -0.4 is 5.32 Å². The predicted octanol–water partition coefficient (Wildman–Crippen LogP) is 3.31. The van der Waals surface area contributed by atoms with Crippen LogP contribution in [-0.4, -0.2) is 12.0 Å². The quantitative estimate of drug-likeness (QED) is 0.802. The second kappa shape index (κ2) is 6.59. The molecule has 0 spiro atoms. The molecule has 0 aliphatic heterocycles. The summed E-state index contributed by atoms with van der Waals surface area (Å²) in [6.07, 6.45) is 6.35. The second-order valence-electron chi connectivity index (χ2n) is 4.20. The third-order valence-corrected chi connectivity index (χ3v) is 3.20. The molecule has 0 aromatic carbocycles. The minimum Gasteiger partial charge on any atom is -0.313 e. The second-order valence-corrected chi connectivity index (χ2v) is 4.20. The third-order valence-electron chi connectivity index (χ3n) is 3.20. The van der Waals surface area contributed by atoms with Crippen molar-refractivity contribution in [2.75, 3.05) is 7.05 Å². The van der Waals surface area contributed by atoms with E-state index in [1.54, 1.807) is 12.3 Å². The van der Waals surface area contributed by atoms with Crippen LogP contribution in [0.3, 0.4) is 0 Å². The molecule has 3 heteroatoms. The Bertz CT molecular complexity index is 311.